The van der Waals surface area contributed by atoms with Crippen molar-refractivity contribution in [1.82, 2.24) is 14.7 Å². The van der Waals surface area contributed by atoms with Crippen LogP contribution in [-0.4, -0.2) is 46.1 Å². The van der Waals surface area contributed by atoms with Gasteiger partial charge >= 0.3 is 0 Å². The highest BCUT2D eigenvalue weighted by atomic mass is 35.5. The third kappa shape index (κ3) is 3.29. The highest BCUT2D eigenvalue weighted by Crippen LogP contribution is 2.19. The van der Waals surface area contributed by atoms with E-state index < -0.39 is 0 Å². The van der Waals surface area contributed by atoms with E-state index in [-0.39, 0.29) is 30.8 Å². The van der Waals surface area contributed by atoms with Crippen molar-refractivity contribution >= 4 is 35.6 Å². The average Bonchev–Trinajstić information content (AvgIpc) is 2.93. The minimum absolute atomic E-state index is 0. The highest BCUT2D eigenvalue weighted by Gasteiger charge is 2.29. The standard InChI is InChI=1S/C15H17N5O2.ClH/c1-18-9-11(8-17-18)20-7-6-19(10-14(20)21)15(22)12-4-2-3-5-13(12)16;/h2-5,8-9H,6-7,10,16H2,1H3;1H. The van der Waals surface area contributed by atoms with Gasteiger partial charge in [-0.25, -0.2) is 0 Å². The predicted octanol–water partition coefficient (Wildman–Crippen LogP) is 0.913. The van der Waals surface area contributed by atoms with Crippen LogP contribution in [0.15, 0.2) is 36.7 Å². The second kappa shape index (κ2) is 6.70. The van der Waals surface area contributed by atoms with Gasteiger partial charge in [0, 0.05) is 32.0 Å². The fraction of sp³-hybridized carbons (Fsp3) is 0.267. The van der Waals surface area contributed by atoms with Gasteiger partial charge < -0.3 is 15.5 Å². The van der Waals surface area contributed by atoms with Crippen LogP contribution in [0.1, 0.15) is 10.4 Å². The molecule has 1 aromatic carbocycles. The van der Waals surface area contributed by atoms with Crippen molar-refractivity contribution in [2.75, 3.05) is 30.3 Å². The maximum atomic E-state index is 12.5. The second-order valence-corrected chi connectivity index (χ2v) is 5.23. The molecule has 0 saturated carbocycles. The van der Waals surface area contributed by atoms with Gasteiger partial charge in [0.1, 0.15) is 6.54 Å². The van der Waals surface area contributed by atoms with Gasteiger partial charge in [-0.05, 0) is 12.1 Å². The molecule has 1 aliphatic rings. The minimum atomic E-state index is -0.211. The van der Waals surface area contributed by atoms with E-state index in [9.17, 15) is 9.59 Å². The zero-order valence-electron chi connectivity index (χ0n) is 12.7. The van der Waals surface area contributed by atoms with E-state index in [1.165, 1.54) is 4.90 Å². The molecule has 0 atom stereocenters. The number of nitrogens with two attached hydrogens (primary N) is 1. The van der Waals surface area contributed by atoms with Gasteiger partial charge in [0.2, 0.25) is 5.91 Å². The highest BCUT2D eigenvalue weighted by molar-refractivity contribution is 6.03. The Hall–Kier alpha value is -2.54. The van der Waals surface area contributed by atoms with Gasteiger partial charge in [-0.2, -0.15) is 5.10 Å². The molecule has 0 unspecified atom stereocenters. The van der Waals surface area contributed by atoms with Crippen molar-refractivity contribution < 1.29 is 9.59 Å². The number of halogens is 1. The Morgan fingerprint density at radius 2 is 2.00 bits per heavy atom. The molecular formula is C15H18ClN5O2. The van der Waals surface area contributed by atoms with Crippen molar-refractivity contribution in [2.24, 2.45) is 7.05 Å². The van der Waals surface area contributed by atoms with Crippen LogP contribution in [0, 0.1) is 0 Å². The number of benzene rings is 1. The van der Waals surface area contributed by atoms with Crippen LogP contribution >= 0.6 is 12.4 Å². The number of nitrogen functional groups attached to an aromatic ring is 1. The SMILES string of the molecule is Cl.Cn1cc(N2CCN(C(=O)c3ccccc3N)CC2=O)cn1. The fourth-order valence-corrected chi connectivity index (χ4v) is 2.53. The summed E-state index contributed by atoms with van der Waals surface area (Å²) in [5.74, 6) is -0.334. The molecule has 0 spiro atoms. The molecule has 7 nitrogen and oxygen atoms in total. The molecule has 0 radical (unpaired) electrons. The van der Waals surface area contributed by atoms with Crippen LogP contribution in [0.5, 0.6) is 0 Å². The van der Waals surface area contributed by atoms with E-state index in [1.807, 2.05) is 0 Å². The number of amides is 2. The van der Waals surface area contributed by atoms with Crippen LogP contribution in [0.25, 0.3) is 0 Å². The largest absolute Gasteiger partial charge is 0.398 e. The van der Waals surface area contributed by atoms with Gasteiger partial charge in [-0.3, -0.25) is 14.3 Å². The van der Waals surface area contributed by atoms with Gasteiger partial charge in [-0.15, -0.1) is 12.4 Å². The minimum Gasteiger partial charge on any atom is -0.398 e. The number of piperazine rings is 1. The number of anilines is 2. The molecule has 0 bridgehead atoms. The Morgan fingerprint density at radius 1 is 1.26 bits per heavy atom. The molecule has 3 rings (SSSR count). The zero-order valence-corrected chi connectivity index (χ0v) is 13.5. The summed E-state index contributed by atoms with van der Waals surface area (Å²) in [6.45, 7) is 0.957. The third-order valence-electron chi connectivity index (χ3n) is 3.70. The van der Waals surface area contributed by atoms with Gasteiger partial charge in [0.05, 0.1) is 17.4 Å². The molecule has 1 saturated heterocycles. The van der Waals surface area contributed by atoms with Crippen LogP contribution in [0.4, 0.5) is 11.4 Å². The van der Waals surface area contributed by atoms with Crippen LogP contribution in [-0.2, 0) is 11.8 Å². The molecule has 0 aliphatic carbocycles. The van der Waals surface area contributed by atoms with Crippen LogP contribution in [0.2, 0.25) is 0 Å². The summed E-state index contributed by atoms with van der Waals surface area (Å²) in [4.78, 5) is 27.9. The first-order valence-corrected chi connectivity index (χ1v) is 6.99. The number of hydrogen-bond acceptors (Lipinski definition) is 4. The molecule has 2 amide bonds. The summed E-state index contributed by atoms with van der Waals surface area (Å²) in [6, 6.07) is 6.89. The van der Waals surface area contributed by atoms with Gasteiger partial charge in [0.15, 0.2) is 0 Å². The fourth-order valence-electron chi connectivity index (χ4n) is 2.53. The van der Waals surface area contributed by atoms with Crippen molar-refractivity contribution in [3.63, 3.8) is 0 Å². The quantitative estimate of drug-likeness (QED) is 0.827. The Kier molecular flexibility index (Phi) is 4.90. The maximum absolute atomic E-state index is 12.5. The predicted molar refractivity (Wildman–Crippen MR) is 89.6 cm³/mol. The van der Waals surface area contributed by atoms with Crippen molar-refractivity contribution in [3.8, 4) is 0 Å². The molecule has 122 valence electrons. The number of rotatable bonds is 2. The first-order valence-electron chi connectivity index (χ1n) is 6.99. The Morgan fingerprint density at radius 3 is 2.61 bits per heavy atom. The topological polar surface area (TPSA) is 84.5 Å². The van der Waals surface area contributed by atoms with E-state index in [0.29, 0.717) is 24.3 Å². The molecule has 2 heterocycles. The average molecular weight is 336 g/mol. The summed E-state index contributed by atoms with van der Waals surface area (Å²) >= 11 is 0. The lowest BCUT2D eigenvalue weighted by atomic mass is 10.1. The first kappa shape index (κ1) is 16.8. The number of aromatic nitrogens is 2. The molecule has 23 heavy (non-hydrogen) atoms. The lowest BCUT2D eigenvalue weighted by molar-refractivity contribution is -0.120. The molecule has 1 aliphatic heterocycles. The van der Waals surface area contributed by atoms with E-state index in [0.717, 1.165) is 5.69 Å². The molecule has 2 aromatic rings. The van der Waals surface area contributed by atoms with Crippen LogP contribution in [0.3, 0.4) is 0 Å². The van der Waals surface area contributed by atoms with Crippen molar-refractivity contribution in [2.45, 2.75) is 0 Å². The van der Waals surface area contributed by atoms with E-state index in [1.54, 1.807) is 53.3 Å². The second-order valence-electron chi connectivity index (χ2n) is 5.23. The first-order chi connectivity index (χ1) is 10.6. The molecule has 1 fully saturated rings. The molecule has 2 N–H and O–H groups in total. The number of para-hydroxylation sites is 1. The normalized spacial score (nSPS) is 14.6. The summed E-state index contributed by atoms with van der Waals surface area (Å²) in [5.41, 5.74) is 7.44. The van der Waals surface area contributed by atoms with E-state index >= 15 is 0 Å². The summed E-state index contributed by atoms with van der Waals surface area (Å²) in [5, 5.41) is 4.07. The number of hydrogen-bond donors (Lipinski definition) is 1. The van der Waals surface area contributed by atoms with E-state index in [2.05, 4.69) is 5.10 Å². The van der Waals surface area contributed by atoms with Crippen LogP contribution < -0.4 is 10.6 Å². The third-order valence-corrected chi connectivity index (χ3v) is 3.70. The lowest BCUT2D eigenvalue weighted by Gasteiger charge is -2.33. The van der Waals surface area contributed by atoms with Gasteiger partial charge in [0.25, 0.3) is 5.91 Å². The molecular weight excluding hydrogens is 318 g/mol. The zero-order chi connectivity index (χ0) is 15.7. The molecule has 1 aromatic heterocycles. The van der Waals surface area contributed by atoms with E-state index in [4.69, 9.17) is 5.73 Å². The maximum Gasteiger partial charge on any atom is 0.256 e. The molecule has 8 heteroatoms. The Bertz CT molecular complexity index is 730. The smallest absolute Gasteiger partial charge is 0.256 e. The summed E-state index contributed by atoms with van der Waals surface area (Å²) in [6.07, 6.45) is 3.43. The summed E-state index contributed by atoms with van der Waals surface area (Å²) in [7, 11) is 1.80. The Labute approximate surface area is 140 Å². The number of carbonyl (C=O) groups excluding carboxylic acids is 2. The number of aryl methyl sites for hydroxylation is 1. The number of nitrogens with zero attached hydrogens (tertiary/aromatic N) is 4. The monoisotopic (exact) mass is 335 g/mol. The van der Waals surface area contributed by atoms with Crippen molar-refractivity contribution in [1.29, 1.82) is 0 Å². The van der Waals surface area contributed by atoms with Gasteiger partial charge in [-0.1, -0.05) is 12.1 Å². The summed E-state index contributed by atoms with van der Waals surface area (Å²) < 4.78 is 1.64. The Balaban J connectivity index is 0.00000192. The van der Waals surface area contributed by atoms with Crippen molar-refractivity contribution in [3.05, 3.63) is 42.2 Å². The lowest BCUT2D eigenvalue weighted by Crippen LogP contribution is -2.52. The number of carbonyl (C=O) groups is 2.